The highest BCUT2D eigenvalue weighted by molar-refractivity contribution is 5.98. The normalized spacial score (nSPS) is 11.1. The van der Waals surface area contributed by atoms with Gasteiger partial charge in [0.2, 0.25) is 17.9 Å². The summed E-state index contributed by atoms with van der Waals surface area (Å²) in [6, 6.07) is 12.7. The Balaban J connectivity index is 2.35. The summed E-state index contributed by atoms with van der Waals surface area (Å²) in [6.07, 6.45) is -1.26. The highest BCUT2D eigenvalue weighted by atomic mass is 16.6. The molecule has 0 aliphatic carbocycles. The summed E-state index contributed by atoms with van der Waals surface area (Å²) in [5.41, 5.74) is 1.07. The number of methoxy groups -OCH3 is 1. The summed E-state index contributed by atoms with van der Waals surface area (Å²) >= 11 is 0. The van der Waals surface area contributed by atoms with Crippen LogP contribution in [0.25, 0.3) is 0 Å². The second-order valence-electron chi connectivity index (χ2n) is 5.88. The van der Waals surface area contributed by atoms with Gasteiger partial charge >= 0.3 is 11.9 Å². The molecular formula is C20H20N2O6. The van der Waals surface area contributed by atoms with Gasteiger partial charge in [-0.25, -0.2) is 9.59 Å². The van der Waals surface area contributed by atoms with E-state index in [-0.39, 0.29) is 17.4 Å². The molecule has 2 N–H and O–H groups in total. The van der Waals surface area contributed by atoms with E-state index in [2.05, 4.69) is 10.6 Å². The molecule has 0 saturated heterocycles. The van der Waals surface area contributed by atoms with E-state index in [1.54, 1.807) is 30.3 Å². The van der Waals surface area contributed by atoms with Gasteiger partial charge in [-0.15, -0.1) is 0 Å². The van der Waals surface area contributed by atoms with Gasteiger partial charge in [0.05, 0.1) is 12.7 Å². The van der Waals surface area contributed by atoms with Gasteiger partial charge in [0.1, 0.15) is 0 Å². The Morgan fingerprint density at radius 2 is 1.39 bits per heavy atom. The number of hydrogen-bond donors (Lipinski definition) is 2. The second-order valence-corrected chi connectivity index (χ2v) is 5.88. The molecule has 0 heterocycles. The summed E-state index contributed by atoms with van der Waals surface area (Å²) in [7, 11) is 1.19. The van der Waals surface area contributed by atoms with Crippen molar-refractivity contribution in [2.45, 2.75) is 20.0 Å². The van der Waals surface area contributed by atoms with E-state index in [1.165, 1.54) is 39.2 Å². The zero-order valence-corrected chi connectivity index (χ0v) is 15.6. The fraction of sp³-hybridized carbons (Fsp3) is 0.200. The number of rotatable bonds is 6. The minimum Gasteiger partial charge on any atom is -0.466 e. The van der Waals surface area contributed by atoms with Crippen molar-refractivity contribution >= 4 is 35.1 Å². The van der Waals surface area contributed by atoms with Crippen LogP contribution in [0.4, 0.5) is 11.4 Å². The maximum atomic E-state index is 12.7. The van der Waals surface area contributed by atoms with Gasteiger partial charge in [0.15, 0.2) is 0 Å². The smallest absolute Gasteiger partial charge is 0.351 e. The largest absolute Gasteiger partial charge is 0.466 e. The number of nitrogens with one attached hydrogen (secondary N) is 2. The van der Waals surface area contributed by atoms with Crippen molar-refractivity contribution < 1.29 is 28.7 Å². The average molecular weight is 384 g/mol. The van der Waals surface area contributed by atoms with E-state index < -0.39 is 18.0 Å². The third kappa shape index (κ3) is 5.66. The molecule has 0 fully saturated rings. The van der Waals surface area contributed by atoms with Crippen LogP contribution in [-0.4, -0.2) is 30.9 Å². The number of anilines is 2. The fourth-order valence-electron chi connectivity index (χ4n) is 2.46. The third-order valence-corrected chi connectivity index (χ3v) is 3.55. The summed E-state index contributed by atoms with van der Waals surface area (Å²) in [4.78, 5) is 47.4. The molecule has 0 aliphatic rings. The Morgan fingerprint density at radius 1 is 0.857 bits per heavy atom. The molecule has 28 heavy (non-hydrogen) atoms. The van der Waals surface area contributed by atoms with Gasteiger partial charge in [-0.05, 0) is 18.2 Å². The van der Waals surface area contributed by atoms with Crippen molar-refractivity contribution in [2.24, 2.45) is 0 Å². The maximum Gasteiger partial charge on any atom is 0.351 e. The predicted octanol–water partition coefficient (Wildman–Crippen LogP) is 2.67. The summed E-state index contributed by atoms with van der Waals surface area (Å²) in [6.45, 7) is 2.62. The van der Waals surface area contributed by atoms with E-state index in [1.807, 2.05) is 0 Å². The molecule has 0 bridgehead atoms. The quantitative estimate of drug-likeness (QED) is 0.741. The highest BCUT2D eigenvalue weighted by Gasteiger charge is 2.26. The van der Waals surface area contributed by atoms with E-state index >= 15 is 0 Å². The molecular weight excluding hydrogens is 364 g/mol. The van der Waals surface area contributed by atoms with E-state index in [0.29, 0.717) is 16.9 Å². The summed E-state index contributed by atoms with van der Waals surface area (Å²) in [5, 5.41) is 5.09. The van der Waals surface area contributed by atoms with Gasteiger partial charge in [0.25, 0.3) is 0 Å². The number of ether oxygens (including phenoxy) is 2. The van der Waals surface area contributed by atoms with Gasteiger partial charge in [-0.2, -0.15) is 0 Å². The molecule has 2 rings (SSSR count). The lowest BCUT2D eigenvalue weighted by molar-refractivity contribution is -0.151. The number of esters is 2. The topological polar surface area (TPSA) is 111 Å². The average Bonchev–Trinajstić information content (AvgIpc) is 2.64. The lowest BCUT2D eigenvalue weighted by Gasteiger charge is -2.17. The molecule has 0 saturated carbocycles. The van der Waals surface area contributed by atoms with Crippen LogP contribution in [0.5, 0.6) is 0 Å². The van der Waals surface area contributed by atoms with E-state index in [4.69, 9.17) is 9.47 Å². The zero-order valence-electron chi connectivity index (χ0n) is 15.6. The molecule has 2 aromatic rings. The molecule has 0 radical (unpaired) electrons. The molecule has 2 amide bonds. The number of carbonyl (C=O) groups is 4. The second kappa shape index (κ2) is 9.31. The van der Waals surface area contributed by atoms with Crippen molar-refractivity contribution in [1.29, 1.82) is 0 Å². The first-order valence-corrected chi connectivity index (χ1v) is 8.34. The lowest BCUT2D eigenvalue weighted by Crippen LogP contribution is -2.21. The minimum atomic E-state index is -1.26. The van der Waals surface area contributed by atoms with Crippen molar-refractivity contribution in [2.75, 3.05) is 17.7 Å². The minimum absolute atomic E-state index is 0.0415. The highest BCUT2D eigenvalue weighted by Crippen LogP contribution is 2.24. The van der Waals surface area contributed by atoms with Crippen LogP contribution >= 0.6 is 0 Å². The standard InChI is InChI=1S/C20H20N2O6/c1-12(23)21-16-9-15(10-17(11-16)22-13(2)24)19(25)28-18(20(26)27-3)14-7-5-4-6-8-14/h4-11,18H,1-3H3,(H,21,23)(H,22,24). The summed E-state index contributed by atoms with van der Waals surface area (Å²) < 4.78 is 10.1. The van der Waals surface area contributed by atoms with Crippen LogP contribution in [0, 0.1) is 0 Å². The number of amides is 2. The summed E-state index contributed by atoms with van der Waals surface area (Å²) in [5.74, 6) is -2.26. The van der Waals surface area contributed by atoms with Crippen LogP contribution in [-0.2, 0) is 23.9 Å². The first kappa shape index (κ1) is 20.6. The van der Waals surface area contributed by atoms with Gasteiger partial charge in [-0.3, -0.25) is 9.59 Å². The van der Waals surface area contributed by atoms with Crippen LogP contribution in [0.15, 0.2) is 48.5 Å². The number of hydrogen-bond acceptors (Lipinski definition) is 6. The molecule has 1 atom stereocenters. The van der Waals surface area contributed by atoms with Crippen LogP contribution in [0.2, 0.25) is 0 Å². The van der Waals surface area contributed by atoms with E-state index in [0.717, 1.165) is 0 Å². The fourth-order valence-corrected chi connectivity index (χ4v) is 2.46. The van der Waals surface area contributed by atoms with Crippen LogP contribution < -0.4 is 10.6 Å². The number of carbonyl (C=O) groups excluding carboxylic acids is 4. The molecule has 0 aliphatic heterocycles. The predicted molar refractivity (Wildman–Crippen MR) is 102 cm³/mol. The van der Waals surface area contributed by atoms with Gasteiger partial charge in [-0.1, -0.05) is 30.3 Å². The molecule has 0 spiro atoms. The van der Waals surface area contributed by atoms with Crippen molar-refractivity contribution in [1.82, 2.24) is 0 Å². The SMILES string of the molecule is COC(=O)C(OC(=O)c1cc(NC(C)=O)cc(NC(C)=O)c1)c1ccccc1. The molecule has 8 heteroatoms. The van der Waals surface area contributed by atoms with Crippen LogP contribution in [0.3, 0.4) is 0 Å². The van der Waals surface area contributed by atoms with E-state index in [9.17, 15) is 19.2 Å². The number of benzene rings is 2. The van der Waals surface area contributed by atoms with Crippen molar-refractivity contribution in [3.63, 3.8) is 0 Å². The molecule has 146 valence electrons. The molecule has 1 unspecified atom stereocenters. The van der Waals surface area contributed by atoms with Crippen LogP contribution in [0.1, 0.15) is 35.9 Å². The molecule has 0 aromatic heterocycles. The Labute approximate surface area is 161 Å². The molecule has 8 nitrogen and oxygen atoms in total. The Hall–Kier alpha value is -3.68. The van der Waals surface area contributed by atoms with Crippen molar-refractivity contribution in [3.05, 3.63) is 59.7 Å². The maximum absolute atomic E-state index is 12.7. The Morgan fingerprint density at radius 3 is 1.86 bits per heavy atom. The molecule has 2 aromatic carbocycles. The first-order chi connectivity index (χ1) is 13.3. The Kier molecular flexibility index (Phi) is 6.86. The Bertz CT molecular complexity index is 861. The zero-order chi connectivity index (χ0) is 20.7. The van der Waals surface area contributed by atoms with Gasteiger partial charge in [0, 0.05) is 30.8 Å². The third-order valence-electron chi connectivity index (χ3n) is 3.55. The first-order valence-electron chi connectivity index (χ1n) is 8.34. The van der Waals surface area contributed by atoms with Crippen molar-refractivity contribution in [3.8, 4) is 0 Å². The monoisotopic (exact) mass is 384 g/mol. The van der Waals surface area contributed by atoms with Gasteiger partial charge < -0.3 is 20.1 Å². The lowest BCUT2D eigenvalue weighted by atomic mass is 10.1.